The minimum Gasteiger partial charge on any atom is -0.391 e. The quantitative estimate of drug-likeness (QED) is 0.510. The molecule has 18 heavy (non-hydrogen) atoms. The Morgan fingerprint density at radius 2 is 2.06 bits per heavy atom. The van der Waals surface area contributed by atoms with Gasteiger partial charge in [0.2, 0.25) is 0 Å². The fraction of sp³-hybridized carbons (Fsp3) is 0.800. The molecule has 0 aliphatic carbocycles. The third-order valence-electron chi connectivity index (χ3n) is 3.00. The third-order valence-corrected chi connectivity index (χ3v) is 3.00. The van der Waals surface area contributed by atoms with Crippen molar-refractivity contribution >= 4 is 12.4 Å². The van der Waals surface area contributed by atoms with E-state index in [9.17, 15) is 15.2 Å². The summed E-state index contributed by atoms with van der Waals surface area (Å²) in [6.45, 7) is 3.10. The Morgan fingerprint density at radius 3 is 2.61 bits per heavy atom. The molecule has 1 fully saturated rings. The summed E-state index contributed by atoms with van der Waals surface area (Å²) in [7, 11) is 0. The number of morpholine rings is 1. The molecule has 1 saturated heterocycles. The highest BCUT2D eigenvalue weighted by Gasteiger charge is 2.45. The average Bonchev–Trinajstić information content (AvgIpc) is 2.80. The van der Waals surface area contributed by atoms with E-state index in [0.717, 1.165) is 13.1 Å². The summed E-state index contributed by atoms with van der Waals surface area (Å²) in [6, 6.07) is 0. The number of aliphatic hydroxyl groups excluding tert-OH is 1. The molecule has 0 amide bonds. The standard InChI is InChI=1S/C10H16N4O4/c15-9(8-13-3-5-18-6-4-13)7-10(14(16)17)11-1-2-12-10/h1-2,9,15H,3-8H2. The Kier molecular flexibility index (Phi) is 4.00. The number of rotatable bonds is 5. The summed E-state index contributed by atoms with van der Waals surface area (Å²) >= 11 is 0. The third kappa shape index (κ3) is 2.89. The van der Waals surface area contributed by atoms with E-state index in [2.05, 4.69) is 9.98 Å². The summed E-state index contributed by atoms with van der Waals surface area (Å²) in [6.07, 6.45) is 1.65. The van der Waals surface area contributed by atoms with Gasteiger partial charge in [-0.15, -0.1) is 0 Å². The SMILES string of the molecule is O=[N+]([O-])C1(CC(O)CN2CCOCC2)N=CC=N1. The molecule has 2 rings (SSSR count). The highest BCUT2D eigenvalue weighted by atomic mass is 16.6. The molecule has 0 radical (unpaired) electrons. The van der Waals surface area contributed by atoms with Crippen LogP contribution in [0.25, 0.3) is 0 Å². The molecule has 0 bridgehead atoms. The summed E-state index contributed by atoms with van der Waals surface area (Å²) in [5.74, 6) is -1.73. The number of aliphatic hydroxyl groups is 1. The number of hydrogen-bond donors (Lipinski definition) is 1. The van der Waals surface area contributed by atoms with Crippen molar-refractivity contribution in [3.63, 3.8) is 0 Å². The van der Waals surface area contributed by atoms with E-state index in [1.54, 1.807) is 0 Å². The van der Waals surface area contributed by atoms with Crippen LogP contribution in [0.5, 0.6) is 0 Å². The van der Waals surface area contributed by atoms with Crippen LogP contribution < -0.4 is 0 Å². The summed E-state index contributed by atoms with van der Waals surface area (Å²) in [5.41, 5.74) is 0. The summed E-state index contributed by atoms with van der Waals surface area (Å²) < 4.78 is 5.19. The normalized spacial score (nSPS) is 24.3. The van der Waals surface area contributed by atoms with Gasteiger partial charge in [-0.2, -0.15) is 9.98 Å². The second-order valence-corrected chi connectivity index (χ2v) is 4.36. The monoisotopic (exact) mass is 256 g/mol. The van der Waals surface area contributed by atoms with E-state index in [0.29, 0.717) is 19.8 Å². The molecule has 0 saturated carbocycles. The van der Waals surface area contributed by atoms with Crippen molar-refractivity contribution in [2.24, 2.45) is 9.98 Å². The van der Waals surface area contributed by atoms with Crippen molar-refractivity contribution in [2.45, 2.75) is 18.3 Å². The molecule has 0 aromatic carbocycles. The van der Waals surface area contributed by atoms with Crippen molar-refractivity contribution in [1.82, 2.24) is 4.90 Å². The molecule has 100 valence electrons. The molecule has 0 aromatic rings. The van der Waals surface area contributed by atoms with Crippen molar-refractivity contribution in [3.8, 4) is 0 Å². The Balaban J connectivity index is 1.89. The van der Waals surface area contributed by atoms with Crippen molar-refractivity contribution in [3.05, 3.63) is 10.1 Å². The van der Waals surface area contributed by atoms with Crippen molar-refractivity contribution in [2.75, 3.05) is 32.8 Å². The van der Waals surface area contributed by atoms with Crippen LogP contribution in [0.1, 0.15) is 6.42 Å². The largest absolute Gasteiger partial charge is 0.414 e. The smallest absolute Gasteiger partial charge is 0.391 e. The van der Waals surface area contributed by atoms with Gasteiger partial charge < -0.3 is 9.84 Å². The molecule has 1 N–H and O–H groups in total. The molecule has 1 atom stereocenters. The van der Waals surface area contributed by atoms with E-state index in [1.165, 1.54) is 12.4 Å². The van der Waals surface area contributed by atoms with E-state index < -0.39 is 16.8 Å². The number of β-amino-alcohol motifs (C(OH)–C–C–N with tert-alkyl or cyclic N) is 1. The van der Waals surface area contributed by atoms with Crippen LogP contribution in [-0.2, 0) is 4.74 Å². The van der Waals surface area contributed by atoms with Gasteiger partial charge in [0.25, 0.3) is 0 Å². The maximum absolute atomic E-state index is 11.0. The predicted molar refractivity (Wildman–Crippen MR) is 64.6 cm³/mol. The van der Waals surface area contributed by atoms with Gasteiger partial charge in [-0.25, -0.2) is 0 Å². The maximum Gasteiger partial charge on any atom is 0.414 e. The highest BCUT2D eigenvalue weighted by molar-refractivity contribution is 6.17. The van der Waals surface area contributed by atoms with Crippen LogP contribution in [0.3, 0.4) is 0 Å². The predicted octanol–water partition coefficient (Wildman–Crippen LogP) is -0.845. The number of hydrogen-bond acceptors (Lipinski definition) is 7. The molecule has 8 nitrogen and oxygen atoms in total. The van der Waals surface area contributed by atoms with Crippen LogP contribution in [0.2, 0.25) is 0 Å². The van der Waals surface area contributed by atoms with Gasteiger partial charge in [0, 0.05) is 32.1 Å². The number of nitrogens with zero attached hydrogens (tertiary/aromatic N) is 4. The Morgan fingerprint density at radius 1 is 1.44 bits per heavy atom. The van der Waals surface area contributed by atoms with Crippen molar-refractivity contribution < 1.29 is 14.8 Å². The summed E-state index contributed by atoms with van der Waals surface area (Å²) in [4.78, 5) is 19.9. The first-order valence-electron chi connectivity index (χ1n) is 5.84. The van der Waals surface area contributed by atoms with Crippen LogP contribution in [0.15, 0.2) is 9.98 Å². The lowest BCUT2D eigenvalue weighted by molar-refractivity contribution is -0.568. The number of nitro groups is 1. The molecule has 8 heteroatoms. The second kappa shape index (κ2) is 5.51. The van der Waals surface area contributed by atoms with Crippen LogP contribution in [0, 0.1) is 10.1 Å². The zero-order valence-electron chi connectivity index (χ0n) is 9.94. The molecule has 2 heterocycles. The van der Waals surface area contributed by atoms with Gasteiger partial charge in [-0.1, -0.05) is 0 Å². The van der Waals surface area contributed by atoms with E-state index in [4.69, 9.17) is 4.74 Å². The van der Waals surface area contributed by atoms with Crippen molar-refractivity contribution in [1.29, 1.82) is 0 Å². The van der Waals surface area contributed by atoms with E-state index in [1.807, 2.05) is 4.90 Å². The lowest BCUT2D eigenvalue weighted by Crippen LogP contribution is -2.44. The number of aliphatic imine (C=N–C) groups is 2. The lowest BCUT2D eigenvalue weighted by Gasteiger charge is -2.29. The first kappa shape index (κ1) is 13.1. The maximum atomic E-state index is 11.0. The van der Waals surface area contributed by atoms with Crippen LogP contribution in [-0.4, -0.2) is 72.1 Å². The minimum absolute atomic E-state index is 0.107. The Hall–Kier alpha value is -1.38. The zero-order chi connectivity index (χ0) is 13.0. The molecular weight excluding hydrogens is 240 g/mol. The lowest BCUT2D eigenvalue weighted by atomic mass is 10.1. The van der Waals surface area contributed by atoms with E-state index in [-0.39, 0.29) is 6.42 Å². The molecule has 0 spiro atoms. The highest BCUT2D eigenvalue weighted by Crippen LogP contribution is 2.23. The fourth-order valence-electron chi connectivity index (χ4n) is 2.08. The van der Waals surface area contributed by atoms with Gasteiger partial charge in [-0.05, 0) is 0 Å². The van der Waals surface area contributed by atoms with Crippen LogP contribution >= 0.6 is 0 Å². The molecule has 2 aliphatic heterocycles. The minimum atomic E-state index is -1.73. The van der Waals surface area contributed by atoms with Crippen LogP contribution in [0.4, 0.5) is 0 Å². The van der Waals surface area contributed by atoms with Gasteiger partial charge in [-0.3, -0.25) is 15.0 Å². The molecular formula is C10H16N4O4. The summed E-state index contributed by atoms with van der Waals surface area (Å²) in [5, 5.41) is 20.9. The Labute approximate surface area is 104 Å². The van der Waals surface area contributed by atoms with Gasteiger partial charge >= 0.3 is 5.79 Å². The van der Waals surface area contributed by atoms with Gasteiger partial charge in [0.1, 0.15) is 0 Å². The zero-order valence-corrected chi connectivity index (χ0v) is 9.94. The number of ether oxygens (including phenoxy) is 1. The van der Waals surface area contributed by atoms with Gasteiger partial charge in [0.15, 0.2) is 0 Å². The average molecular weight is 256 g/mol. The molecule has 2 aliphatic rings. The topological polar surface area (TPSA) is 101 Å². The first-order valence-corrected chi connectivity index (χ1v) is 5.84. The molecule has 0 aromatic heterocycles. The van der Waals surface area contributed by atoms with E-state index >= 15 is 0 Å². The first-order chi connectivity index (χ1) is 8.62. The Bertz CT molecular complexity index is 353. The van der Waals surface area contributed by atoms with Gasteiger partial charge in [0.05, 0.1) is 30.7 Å². The fourth-order valence-corrected chi connectivity index (χ4v) is 2.08. The second-order valence-electron chi connectivity index (χ2n) is 4.36. The molecule has 1 unspecified atom stereocenters.